The maximum absolute atomic E-state index is 5.15. The lowest BCUT2D eigenvalue weighted by atomic mass is 10.4. The van der Waals surface area contributed by atoms with Crippen LogP contribution >= 0.6 is 0 Å². The molecule has 0 bridgehead atoms. The average Bonchev–Trinajstić information content (AvgIpc) is 1.98. The van der Waals surface area contributed by atoms with Gasteiger partial charge in [-0.05, 0) is 13.3 Å². The summed E-state index contributed by atoms with van der Waals surface area (Å²) in [5, 5.41) is 1.79. The molecule has 0 fully saturated rings. The standard InChI is InChI=1S/C7H17NO2/c1-4-10-7-5-6-8(2)9-3/h4-7H2,1-3H3. The molecule has 62 valence electrons. The highest BCUT2D eigenvalue weighted by atomic mass is 16.7. The predicted octanol–water partition coefficient (Wildman–Crippen LogP) is 0.906. The second-order valence-corrected chi connectivity index (χ2v) is 2.08. The Kier molecular flexibility index (Phi) is 6.91. The van der Waals surface area contributed by atoms with Crippen LogP contribution in [0.5, 0.6) is 0 Å². The quantitative estimate of drug-likeness (QED) is 0.411. The second kappa shape index (κ2) is 6.99. The van der Waals surface area contributed by atoms with E-state index < -0.39 is 0 Å². The second-order valence-electron chi connectivity index (χ2n) is 2.08. The highest BCUT2D eigenvalue weighted by Crippen LogP contribution is 1.87. The highest BCUT2D eigenvalue weighted by Gasteiger charge is 1.93. The molecule has 10 heavy (non-hydrogen) atoms. The van der Waals surface area contributed by atoms with Gasteiger partial charge in [0.05, 0.1) is 7.11 Å². The fourth-order valence-electron chi connectivity index (χ4n) is 0.625. The molecule has 0 aromatic carbocycles. The molecular weight excluding hydrogens is 130 g/mol. The van der Waals surface area contributed by atoms with E-state index in [4.69, 9.17) is 9.57 Å². The first-order valence-corrected chi connectivity index (χ1v) is 3.64. The summed E-state index contributed by atoms with van der Waals surface area (Å²) in [5.74, 6) is 0. The zero-order chi connectivity index (χ0) is 7.82. The summed E-state index contributed by atoms with van der Waals surface area (Å²) in [6.45, 7) is 4.55. The van der Waals surface area contributed by atoms with Crippen LogP contribution in [0, 0.1) is 0 Å². The minimum absolute atomic E-state index is 0.802. The van der Waals surface area contributed by atoms with Crippen molar-refractivity contribution in [2.24, 2.45) is 0 Å². The molecule has 0 radical (unpaired) electrons. The maximum Gasteiger partial charge on any atom is 0.0575 e. The van der Waals surface area contributed by atoms with Gasteiger partial charge in [-0.2, -0.15) is 5.06 Å². The topological polar surface area (TPSA) is 21.7 Å². The van der Waals surface area contributed by atoms with Crippen molar-refractivity contribution in [3.05, 3.63) is 0 Å². The molecule has 0 heterocycles. The molecule has 0 spiro atoms. The van der Waals surface area contributed by atoms with Crippen LogP contribution in [0.1, 0.15) is 13.3 Å². The summed E-state index contributed by atoms with van der Waals surface area (Å²) >= 11 is 0. The van der Waals surface area contributed by atoms with Crippen LogP contribution in [0.15, 0.2) is 0 Å². The molecule has 0 rings (SSSR count). The van der Waals surface area contributed by atoms with Crippen LogP contribution in [0.3, 0.4) is 0 Å². The Labute approximate surface area is 62.9 Å². The molecule has 0 atom stereocenters. The third-order valence-corrected chi connectivity index (χ3v) is 1.28. The van der Waals surface area contributed by atoms with E-state index in [9.17, 15) is 0 Å². The van der Waals surface area contributed by atoms with Gasteiger partial charge in [-0.3, -0.25) is 0 Å². The zero-order valence-electron chi connectivity index (χ0n) is 7.09. The van der Waals surface area contributed by atoms with Crippen LogP contribution in [0.4, 0.5) is 0 Å². The normalized spacial score (nSPS) is 10.8. The molecule has 3 heteroatoms. The first-order valence-electron chi connectivity index (χ1n) is 3.64. The average molecular weight is 147 g/mol. The van der Waals surface area contributed by atoms with Crippen LogP contribution < -0.4 is 0 Å². The Bertz CT molecular complexity index is 68.6. The van der Waals surface area contributed by atoms with E-state index in [0.29, 0.717) is 0 Å². The smallest absolute Gasteiger partial charge is 0.0575 e. The third-order valence-electron chi connectivity index (χ3n) is 1.28. The Morgan fingerprint density at radius 2 is 2.10 bits per heavy atom. The van der Waals surface area contributed by atoms with Gasteiger partial charge in [0.25, 0.3) is 0 Å². The van der Waals surface area contributed by atoms with Crippen molar-refractivity contribution in [3.63, 3.8) is 0 Å². The summed E-state index contributed by atoms with van der Waals surface area (Å²) in [6.07, 6.45) is 1.03. The minimum atomic E-state index is 0.802. The molecule has 0 aromatic heterocycles. The SMILES string of the molecule is CCOCCCN(C)OC. The van der Waals surface area contributed by atoms with E-state index in [0.717, 1.165) is 26.2 Å². The number of hydrogen-bond acceptors (Lipinski definition) is 3. The highest BCUT2D eigenvalue weighted by molar-refractivity contribution is 4.38. The van der Waals surface area contributed by atoms with E-state index in [-0.39, 0.29) is 0 Å². The van der Waals surface area contributed by atoms with Gasteiger partial charge in [-0.1, -0.05) is 0 Å². The molecule has 0 saturated carbocycles. The summed E-state index contributed by atoms with van der Waals surface area (Å²) in [5.41, 5.74) is 0. The van der Waals surface area contributed by atoms with Crippen LogP contribution in [-0.4, -0.2) is 39.0 Å². The molecule has 0 aliphatic heterocycles. The van der Waals surface area contributed by atoms with Crippen LogP contribution in [0.2, 0.25) is 0 Å². The molecule has 0 aromatic rings. The zero-order valence-corrected chi connectivity index (χ0v) is 7.09. The van der Waals surface area contributed by atoms with E-state index >= 15 is 0 Å². The minimum Gasteiger partial charge on any atom is -0.382 e. The Balaban J connectivity index is 2.89. The van der Waals surface area contributed by atoms with Gasteiger partial charge in [0.2, 0.25) is 0 Å². The molecule has 0 aliphatic rings. The Morgan fingerprint density at radius 1 is 1.40 bits per heavy atom. The fourth-order valence-corrected chi connectivity index (χ4v) is 0.625. The largest absolute Gasteiger partial charge is 0.382 e. The molecule has 0 aliphatic carbocycles. The molecule has 0 amide bonds. The predicted molar refractivity (Wildman–Crippen MR) is 40.7 cm³/mol. The lowest BCUT2D eigenvalue weighted by molar-refractivity contribution is -0.111. The summed E-state index contributed by atoms with van der Waals surface area (Å²) in [7, 11) is 3.58. The van der Waals surface area contributed by atoms with Gasteiger partial charge in [-0.25, -0.2) is 0 Å². The third kappa shape index (κ3) is 6.01. The van der Waals surface area contributed by atoms with Gasteiger partial charge < -0.3 is 9.57 Å². The fraction of sp³-hybridized carbons (Fsp3) is 1.00. The lowest BCUT2D eigenvalue weighted by Crippen LogP contribution is -2.19. The van der Waals surface area contributed by atoms with Crippen molar-refractivity contribution in [3.8, 4) is 0 Å². The van der Waals surface area contributed by atoms with Crippen molar-refractivity contribution in [1.82, 2.24) is 5.06 Å². The number of rotatable bonds is 6. The first-order chi connectivity index (χ1) is 4.81. The van der Waals surface area contributed by atoms with Gasteiger partial charge in [0.1, 0.15) is 0 Å². The van der Waals surface area contributed by atoms with Crippen molar-refractivity contribution in [2.45, 2.75) is 13.3 Å². The van der Waals surface area contributed by atoms with Gasteiger partial charge in [0.15, 0.2) is 0 Å². The number of nitrogens with zero attached hydrogens (tertiary/aromatic N) is 1. The number of ether oxygens (including phenoxy) is 1. The summed E-state index contributed by atoms with van der Waals surface area (Å²) in [6, 6.07) is 0. The van der Waals surface area contributed by atoms with Crippen molar-refractivity contribution in [1.29, 1.82) is 0 Å². The monoisotopic (exact) mass is 147 g/mol. The molecule has 0 saturated heterocycles. The van der Waals surface area contributed by atoms with E-state index in [1.165, 1.54) is 0 Å². The van der Waals surface area contributed by atoms with E-state index in [1.807, 2.05) is 14.0 Å². The van der Waals surface area contributed by atoms with Crippen molar-refractivity contribution in [2.75, 3.05) is 33.9 Å². The molecule has 3 nitrogen and oxygen atoms in total. The molecular formula is C7H17NO2. The van der Waals surface area contributed by atoms with Crippen molar-refractivity contribution >= 4 is 0 Å². The number of hydroxylamine groups is 2. The van der Waals surface area contributed by atoms with Gasteiger partial charge in [0, 0.05) is 26.8 Å². The van der Waals surface area contributed by atoms with Crippen LogP contribution in [-0.2, 0) is 9.57 Å². The molecule has 0 N–H and O–H groups in total. The lowest BCUT2D eigenvalue weighted by Gasteiger charge is -2.12. The number of hydrogen-bond donors (Lipinski definition) is 0. The van der Waals surface area contributed by atoms with Crippen molar-refractivity contribution < 1.29 is 9.57 Å². The first kappa shape index (κ1) is 9.88. The maximum atomic E-state index is 5.15. The summed E-state index contributed by atoms with van der Waals surface area (Å²) < 4.78 is 5.15. The summed E-state index contributed by atoms with van der Waals surface area (Å²) in [4.78, 5) is 4.91. The Hall–Kier alpha value is -0.120. The van der Waals surface area contributed by atoms with Gasteiger partial charge in [-0.15, -0.1) is 0 Å². The van der Waals surface area contributed by atoms with E-state index in [2.05, 4.69) is 0 Å². The van der Waals surface area contributed by atoms with Gasteiger partial charge >= 0.3 is 0 Å². The van der Waals surface area contributed by atoms with E-state index in [1.54, 1.807) is 12.2 Å². The molecule has 0 unspecified atom stereocenters. The van der Waals surface area contributed by atoms with Crippen LogP contribution in [0.25, 0.3) is 0 Å². The Morgan fingerprint density at radius 3 is 2.60 bits per heavy atom.